The molecule has 0 unspecified atom stereocenters. The molecule has 1 aromatic heterocycles. The number of halogens is 1. The van der Waals surface area contributed by atoms with Gasteiger partial charge in [0.2, 0.25) is 5.13 Å². The zero-order chi connectivity index (χ0) is 13.5. The van der Waals surface area contributed by atoms with Crippen LogP contribution in [0, 0.1) is 0 Å². The number of rotatable bonds is 7. The lowest BCUT2D eigenvalue weighted by atomic mass is 10.3. The smallest absolute Gasteiger partial charge is 0.206 e. The first-order chi connectivity index (χ1) is 9.28. The van der Waals surface area contributed by atoms with Crippen molar-refractivity contribution in [1.29, 1.82) is 0 Å². The van der Waals surface area contributed by atoms with Gasteiger partial charge in [-0.1, -0.05) is 40.8 Å². The molecule has 0 aliphatic rings. The Balaban J connectivity index is 1.71. The molecule has 1 aromatic carbocycles. The van der Waals surface area contributed by atoms with Gasteiger partial charge in [0, 0.05) is 17.3 Å². The molecule has 0 aliphatic heterocycles. The Bertz CT molecular complexity index is 521. The van der Waals surface area contributed by atoms with Gasteiger partial charge in [0.25, 0.3) is 0 Å². The van der Waals surface area contributed by atoms with Crippen molar-refractivity contribution < 1.29 is 4.74 Å². The summed E-state index contributed by atoms with van der Waals surface area (Å²) in [6.45, 7) is 3.51. The monoisotopic (exact) mass is 315 g/mol. The molecule has 0 atom stereocenters. The minimum Gasteiger partial charge on any atom is -0.493 e. The maximum Gasteiger partial charge on any atom is 0.206 e. The number of ether oxygens (including phenoxy) is 1. The molecule has 0 aliphatic carbocycles. The first-order valence-corrected chi connectivity index (χ1v) is 8.04. The van der Waals surface area contributed by atoms with E-state index in [1.807, 2.05) is 25.1 Å². The van der Waals surface area contributed by atoms with E-state index in [-0.39, 0.29) is 0 Å². The second-order valence-corrected chi connectivity index (χ2v) is 6.31. The lowest BCUT2D eigenvalue weighted by Crippen LogP contribution is -1.99. The van der Waals surface area contributed by atoms with Crippen molar-refractivity contribution >= 4 is 39.8 Å². The number of thioether (sulfide) groups is 1. The maximum absolute atomic E-state index is 5.88. The Labute approximate surface area is 125 Å². The Kier molecular flexibility index (Phi) is 5.75. The number of nitrogens with one attached hydrogen (secondary N) is 1. The average molecular weight is 316 g/mol. The maximum atomic E-state index is 5.88. The lowest BCUT2D eigenvalue weighted by molar-refractivity contribution is 0.344. The molecule has 19 heavy (non-hydrogen) atoms. The van der Waals surface area contributed by atoms with Crippen LogP contribution in [0.5, 0.6) is 5.75 Å². The summed E-state index contributed by atoms with van der Waals surface area (Å²) in [6.07, 6.45) is 0. The number of anilines is 1. The van der Waals surface area contributed by atoms with Gasteiger partial charge in [-0.3, -0.25) is 0 Å². The van der Waals surface area contributed by atoms with E-state index in [4.69, 9.17) is 16.3 Å². The molecule has 0 fully saturated rings. The predicted molar refractivity (Wildman–Crippen MR) is 81.7 cm³/mol. The van der Waals surface area contributed by atoms with E-state index in [1.54, 1.807) is 29.2 Å². The van der Waals surface area contributed by atoms with Gasteiger partial charge < -0.3 is 10.1 Å². The minimum absolute atomic E-state index is 0.612. The highest BCUT2D eigenvalue weighted by molar-refractivity contribution is 8.01. The Hall–Kier alpha value is -0.980. The van der Waals surface area contributed by atoms with Gasteiger partial charge in [0.15, 0.2) is 4.34 Å². The zero-order valence-corrected chi connectivity index (χ0v) is 12.8. The Morgan fingerprint density at radius 2 is 2.32 bits per heavy atom. The summed E-state index contributed by atoms with van der Waals surface area (Å²) in [5.41, 5.74) is 0. The SMILES string of the molecule is CCNc1nnc(SCCOc2cccc(Cl)c2)s1. The molecule has 0 radical (unpaired) electrons. The van der Waals surface area contributed by atoms with Crippen LogP contribution in [0.1, 0.15) is 6.92 Å². The van der Waals surface area contributed by atoms with E-state index < -0.39 is 0 Å². The molecule has 0 amide bonds. The van der Waals surface area contributed by atoms with Crippen molar-refractivity contribution in [1.82, 2.24) is 10.2 Å². The summed E-state index contributed by atoms with van der Waals surface area (Å²) in [5, 5.41) is 12.8. The van der Waals surface area contributed by atoms with Crippen LogP contribution < -0.4 is 10.1 Å². The molecule has 102 valence electrons. The van der Waals surface area contributed by atoms with Gasteiger partial charge in [-0.05, 0) is 25.1 Å². The number of hydrogen-bond donors (Lipinski definition) is 1. The van der Waals surface area contributed by atoms with Crippen LogP contribution in [0.4, 0.5) is 5.13 Å². The highest BCUT2D eigenvalue weighted by Crippen LogP contribution is 2.25. The molecule has 7 heteroatoms. The predicted octanol–water partition coefficient (Wildman–Crippen LogP) is 3.79. The standard InChI is InChI=1S/C12H14ClN3OS2/c1-2-14-11-15-16-12(19-11)18-7-6-17-10-5-3-4-9(13)8-10/h3-5,8H,2,6-7H2,1H3,(H,14,15). The third-order valence-corrected chi connectivity index (χ3v) is 4.32. The summed E-state index contributed by atoms with van der Waals surface area (Å²) in [7, 11) is 0. The van der Waals surface area contributed by atoms with Crippen LogP contribution in [0.25, 0.3) is 0 Å². The first kappa shape index (κ1) is 14.4. The zero-order valence-electron chi connectivity index (χ0n) is 10.4. The van der Waals surface area contributed by atoms with Crippen molar-refractivity contribution in [3.05, 3.63) is 29.3 Å². The molecular formula is C12H14ClN3OS2. The van der Waals surface area contributed by atoms with E-state index in [2.05, 4.69) is 15.5 Å². The Morgan fingerprint density at radius 3 is 3.11 bits per heavy atom. The number of nitrogens with zero attached hydrogens (tertiary/aromatic N) is 2. The summed E-state index contributed by atoms with van der Waals surface area (Å²) in [4.78, 5) is 0. The molecule has 0 saturated heterocycles. The quantitative estimate of drug-likeness (QED) is 0.622. The van der Waals surface area contributed by atoms with Crippen LogP contribution in [0.15, 0.2) is 28.6 Å². The van der Waals surface area contributed by atoms with Crippen molar-refractivity contribution in [2.75, 3.05) is 24.2 Å². The molecule has 0 spiro atoms. The van der Waals surface area contributed by atoms with E-state index >= 15 is 0 Å². The van der Waals surface area contributed by atoms with Gasteiger partial charge in [-0.15, -0.1) is 10.2 Å². The van der Waals surface area contributed by atoms with Crippen molar-refractivity contribution in [2.24, 2.45) is 0 Å². The molecule has 0 bridgehead atoms. The average Bonchev–Trinajstić information content (AvgIpc) is 2.83. The number of benzene rings is 1. The van der Waals surface area contributed by atoms with Crippen LogP contribution in [-0.4, -0.2) is 29.1 Å². The fourth-order valence-electron chi connectivity index (χ4n) is 1.34. The van der Waals surface area contributed by atoms with Gasteiger partial charge in [-0.2, -0.15) is 0 Å². The minimum atomic E-state index is 0.612. The summed E-state index contributed by atoms with van der Waals surface area (Å²) < 4.78 is 6.55. The number of hydrogen-bond acceptors (Lipinski definition) is 6. The molecule has 1 heterocycles. The third kappa shape index (κ3) is 4.89. The third-order valence-electron chi connectivity index (χ3n) is 2.11. The summed E-state index contributed by atoms with van der Waals surface area (Å²) in [6, 6.07) is 7.40. The van der Waals surface area contributed by atoms with Gasteiger partial charge in [0.1, 0.15) is 5.75 Å². The van der Waals surface area contributed by atoms with Crippen LogP contribution in [0.2, 0.25) is 5.02 Å². The van der Waals surface area contributed by atoms with Crippen molar-refractivity contribution in [3.8, 4) is 5.75 Å². The van der Waals surface area contributed by atoms with Crippen LogP contribution in [0.3, 0.4) is 0 Å². The summed E-state index contributed by atoms with van der Waals surface area (Å²) >= 11 is 9.07. The van der Waals surface area contributed by atoms with Gasteiger partial charge in [0.05, 0.1) is 6.61 Å². The fourth-order valence-corrected chi connectivity index (χ4v) is 3.22. The molecule has 1 N–H and O–H groups in total. The normalized spacial score (nSPS) is 10.4. The molecule has 4 nitrogen and oxygen atoms in total. The molecular weight excluding hydrogens is 302 g/mol. The second kappa shape index (κ2) is 7.57. The van der Waals surface area contributed by atoms with E-state index in [0.717, 1.165) is 27.5 Å². The van der Waals surface area contributed by atoms with Crippen molar-refractivity contribution in [3.63, 3.8) is 0 Å². The van der Waals surface area contributed by atoms with Crippen molar-refractivity contribution in [2.45, 2.75) is 11.3 Å². The van der Waals surface area contributed by atoms with Gasteiger partial charge in [-0.25, -0.2) is 0 Å². The molecule has 2 rings (SSSR count). The van der Waals surface area contributed by atoms with Gasteiger partial charge >= 0.3 is 0 Å². The highest BCUT2D eigenvalue weighted by atomic mass is 35.5. The topological polar surface area (TPSA) is 47.0 Å². The van der Waals surface area contributed by atoms with Crippen LogP contribution in [-0.2, 0) is 0 Å². The van der Waals surface area contributed by atoms with Crippen LogP contribution >= 0.6 is 34.7 Å². The summed E-state index contributed by atoms with van der Waals surface area (Å²) in [5.74, 6) is 1.62. The number of aromatic nitrogens is 2. The van der Waals surface area contributed by atoms with E-state index in [0.29, 0.717) is 11.6 Å². The molecule has 2 aromatic rings. The fraction of sp³-hybridized carbons (Fsp3) is 0.333. The second-order valence-electron chi connectivity index (χ2n) is 3.56. The molecule has 0 saturated carbocycles. The largest absolute Gasteiger partial charge is 0.493 e. The lowest BCUT2D eigenvalue weighted by Gasteiger charge is -2.04. The van der Waals surface area contributed by atoms with E-state index in [1.165, 1.54) is 0 Å². The Morgan fingerprint density at radius 1 is 1.42 bits per heavy atom. The first-order valence-electron chi connectivity index (χ1n) is 5.86. The van der Waals surface area contributed by atoms with E-state index in [9.17, 15) is 0 Å². The highest BCUT2D eigenvalue weighted by Gasteiger charge is 2.03.